The molecule has 0 radical (unpaired) electrons. The van der Waals surface area contributed by atoms with Crippen molar-refractivity contribution in [1.82, 2.24) is 14.1 Å². The third kappa shape index (κ3) is 5.07. The van der Waals surface area contributed by atoms with Gasteiger partial charge < -0.3 is 5.32 Å². The molecule has 0 amide bonds. The highest BCUT2D eigenvalue weighted by Gasteiger charge is 2.31. The molecule has 0 spiro atoms. The quantitative estimate of drug-likeness (QED) is 0.396. The number of nitrogens with zero attached hydrogens (tertiary/aromatic N) is 4. The van der Waals surface area contributed by atoms with Gasteiger partial charge in [0.1, 0.15) is 4.90 Å². The Morgan fingerprint density at radius 1 is 1.06 bits per heavy atom. The van der Waals surface area contributed by atoms with Crippen LogP contribution in [0.2, 0.25) is 0 Å². The highest BCUT2D eigenvalue weighted by molar-refractivity contribution is 7.89. The summed E-state index contributed by atoms with van der Waals surface area (Å²) in [5.41, 5.74) is 4.21. The molecule has 10 heteroatoms. The van der Waals surface area contributed by atoms with Crippen LogP contribution in [0.4, 0.5) is 11.4 Å². The summed E-state index contributed by atoms with van der Waals surface area (Å²) < 4.78 is 29.7. The fourth-order valence-electron chi connectivity index (χ4n) is 4.09. The monoisotopic (exact) mass is 469 g/mol. The van der Waals surface area contributed by atoms with Crippen molar-refractivity contribution in [3.05, 3.63) is 81.2 Å². The Kier molecular flexibility index (Phi) is 6.48. The van der Waals surface area contributed by atoms with Gasteiger partial charge in [-0.05, 0) is 49.9 Å². The number of hydrogen-bond donors (Lipinski definition) is 1. The van der Waals surface area contributed by atoms with Crippen LogP contribution in [0.1, 0.15) is 35.4 Å². The summed E-state index contributed by atoms with van der Waals surface area (Å²) in [6.45, 7) is 5.85. The van der Waals surface area contributed by atoms with Crippen molar-refractivity contribution in [1.29, 1.82) is 0 Å². The van der Waals surface area contributed by atoms with Crippen LogP contribution in [0.3, 0.4) is 0 Å². The molecule has 1 aliphatic heterocycles. The number of sulfonamides is 1. The summed E-state index contributed by atoms with van der Waals surface area (Å²) in [7, 11) is -3.83. The van der Waals surface area contributed by atoms with Crippen LogP contribution in [-0.4, -0.2) is 40.5 Å². The van der Waals surface area contributed by atoms with E-state index in [0.29, 0.717) is 31.9 Å². The fraction of sp³-hybridized carbons (Fsp3) is 0.348. The first-order valence-corrected chi connectivity index (χ1v) is 12.3. The predicted molar refractivity (Wildman–Crippen MR) is 126 cm³/mol. The lowest BCUT2D eigenvalue weighted by molar-refractivity contribution is -0.385. The van der Waals surface area contributed by atoms with E-state index >= 15 is 0 Å². The zero-order valence-corrected chi connectivity index (χ0v) is 19.5. The standard InChI is InChI=1S/C23H27N5O4S/c1-17-12-18(2)27(25-17)16-20-7-5-6-19(13-20)15-24-22-9-8-21(28(29)30)14-23(22)33(31,32)26-10-3-4-11-26/h5-9,12-14,24H,3-4,10-11,15-16H2,1-2H3. The van der Waals surface area contributed by atoms with Crippen LogP contribution in [0.5, 0.6) is 0 Å². The second kappa shape index (κ2) is 9.32. The van der Waals surface area contributed by atoms with Gasteiger partial charge in [-0.2, -0.15) is 9.40 Å². The Balaban J connectivity index is 1.57. The summed E-state index contributed by atoms with van der Waals surface area (Å²) in [6, 6.07) is 14.0. The fourth-order valence-corrected chi connectivity index (χ4v) is 5.80. The van der Waals surface area contributed by atoms with E-state index in [2.05, 4.69) is 10.4 Å². The number of nitro benzene ring substituents is 1. The third-order valence-corrected chi connectivity index (χ3v) is 7.71. The van der Waals surface area contributed by atoms with Crippen molar-refractivity contribution < 1.29 is 13.3 Å². The molecule has 0 aliphatic carbocycles. The van der Waals surface area contributed by atoms with Crippen molar-refractivity contribution in [2.45, 2.75) is 44.7 Å². The van der Waals surface area contributed by atoms with Gasteiger partial charge in [0, 0.05) is 37.5 Å². The van der Waals surface area contributed by atoms with Crippen molar-refractivity contribution in [2.75, 3.05) is 18.4 Å². The van der Waals surface area contributed by atoms with Gasteiger partial charge >= 0.3 is 0 Å². The topological polar surface area (TPSA) is 110 Å². The first kappa shape index (κ1) is 22.9. The lowest BCUT2D eigenvalue weighted by Gasteiger charge is -2.19. The molecule has 174 valence electrons. The molecule has 9 nitrogen and oxygen atoms in total. The summed E-state index contributed by atoms with van der Waals surface area (Å²) >= 11 is 0. The Bertz CT molecular complexity index is 1280. The van der Waals surface area contributed by atoms with Crippen LogP contribution in [-0.2, 0) is 23.1 Å². The lowest BCUT2D eigenvalue weighted by Crippen LogP contribution is -2.28. The van der Waals surface area contributed by atoms with Crippen LogP contribution < -0.4 is 5.32 Å². The normalized spacial score (nSPS) is 14.5. The smallest absolute Gasteiger partial charge is 0.270 e. The average Bonchev–Trinajstić information content (AvgIpc) is 3.43. The van der Waals surface area contributed by atoms with E-state index in [-0.39, 0.29) is 10.6 Å². The van der Waals surface area contributed by atoms with Gasteiger partial charge in [-0.15, -0.1) is 0 Å². The highest BCUT2D eigenvalue weighted by Crippen LogP contribution is 2.31. The number of nitro groups is 1. The molecule has 1 aliphatic rings. The van der Waals surface area contributed by atoms with Crippen LogP contribution in [0, 0.1) is 24.0 Å². The first-order chi connectivity index (χ1) is 15.7. The van der Waals surface area contributed by atoms with E-state index in [1.807, 2.05) is 48.9 Å². The van der Waals surface area contributed by atoms with Gasteiger partial charge in [0.2, 0.25) is 10.0 Å². The molecule has 0 saturated carbocycles. The summed E-state index contributed by atoms with van der Waals surface area (Å²) in [5, 5.41) is 19.0. The Morgan fingerprint density at radius 2 is 1.79 bits per heavy atom. The van der Waals surface area contributed by atoms with E-state index < -0.39 is 14.9 Å². The molecule has 0 bridgehead atoms. The van der Waals surface area contributed by atoms with Gasteiger partial charge in [-0.25, -0.2) is 8.42 Å². The molecule has 4 rings (SSSR count). The van der Waals surface area contributed by atoms with Crippen molar-refractivity contribution in [3.63, 3.8) is 0 Å². The van der Waals surface area contributed by atoms with Gasteiger partial charge in [0.05, 0.1) is 22.8 Å². The lowest BCUT2D eigenvalue weighted by atomic mass is 10.1. The molecule has 33 heavy (non-hydrogen) atoms. The first-order valence-electron chi connectivity index (χ1n) is 10.9. The zero-order valence-electron chi connectivity index (χ0n) is 18.7. The molecule has 3 aromatic rings. The Morgan fingerprint density at radius 3 is 2.45 bits per heavy atom. The second-order valence-corrected chi connectivity index (χ2v) is 10.2. The molecular weight excluding hydrogens is 442 g/mol. The van der Waals surface area contributed by atoms with Gasteiger partial charge in [-0.3, -0.25) is 14.8 Å². The Hall–Kier alpha value is -3.24. The molecule has 1 aromatic heterocycles. The van der Waals surface area contributed by atoms with E-state index in [1.165, 1.54) is 16.4 Å². The molecule has 2 heterocycles. The summed E-state index contributed by atoms with van der Waals surface area (Å²) in [5.74, 6) is 0. The largest absolute Gasteiger partial charge is 0.380 e. The van der Waals surface area contributed by atoms with Crippen LogP contribution >= 0.6 is 0 Å². The number of nitrogens with one attached hydrogen (secondary N) is 1. The van der Waals surface area contributed by atoms with E-state index in [1.54, 1.807) is 0 Å². The minimum Gasteiger partial charge on any atom is -0.380 e. The molecule has 0 atom stereocenters. The molecule has 1 N–H and O–H groups in total. The van der Waals surface area contributed by atoms with E-state index in [0.717, 1.165) is 41.4 Å². The third-order valence-electron chi connectivity index (χ3n) is 5.77. The van der Waals surface area contributed by atoms with Gasteiger partial charge in [0.25, 0.3) is 5.69 Å². The molecule has 1 fully saturated rings. The number of non-ortho nitro benzene ring substituents is 1. The molecular formula is C23H27N5O4S. The number of aryl methyl sites for hydroxylation is 2. The number of rotatable bonds is 8. The van der Waals surface area contributed by atoms with Crippen molar-refractivity contribution in [3.8, 4) is 0 Å². The Labute approximate surface area is 193 Å². The maximum Gasteiger partial charge on any atom is 0.270 e. The SMILES string of the molecule is Cc1cc(C)n(Cc2cccc(CNc3ccc([N+](=O)[O-])cc3S(=O)(=O)N3CCCC3)c2)n1. The number of benzene rings is 2. The van der Waals surface area contributed by atoms with Gasteiger partial charge in [-0.1, -0.05) is 24.3 Å². The minimum absolute atomic E-state index is 0.0580. The van der Waals surface area contributed by atoms with E-state index in [9.17, 15) is 18.5 Å². The van der Waals surface area contributed by atoms with Crippen LogP contribution in [0.15, 0.2) is 53.4 Å². The molecule has 2 aromatic carbocycles. The van der Waals surface area contributed by atoms with Crippen LogP contribution in [0.25, 0.3) is 0 Å². The number of anilines is 1. The number of aromatic nitrogens is 2. The maximum atomic E-state index is 13.2. The van der Waals surface area contributed by atoms with Crippen molar-refractivity contribution in [2.24, 2.45) is 0 Å². The average molecular weight is 470 g/mol. The highest BCUT2D eigenvalue weighted by atomic mass is 32.2. The zero-order chi connectivity index (χ0) is 23.6. The maximum absolute atomic E-state index is 13.2. The summed E-state index contributed by atoms with van der Waals surface area (Å²) in [6.07, 6.45) is 1.58. The molecule has 0 unspecified atom stereocenters. The molecule has 1 saturated heterocycles. The van der Waals surface area contributed by atoms with E-state index in [4.69, 9.17) is 0 Å². The second-order valence-electron chi connectivity index (χ2n) is 8.31. The predicted octanol–water partition coefficient (Wildman–Crippen LogP) is 3.85. The minimum atomic E-state index is -3.83. The van der Waals surface area contributed by atoms with Gasteiger partial charge in [0.15, 0.2) is 0 Å². The summed E-state index contributed by atoms with van der Waals surface area (Å²) in [4.78, 5) is 10.6. The van der Waals surface area contributed by atoms with Crippen molar-refractivity contribution >= 4 is 21.4 Å². The number of hydrogen-bond acceptors (Lipinski definition) is 6.